The molecule has 36 heavy (non-hydrogen) atoms. The summed E-state index contributed by atoms with van der Waals surface area (Å²) in [4.78, 5) is 15.4. The summed E-state index contributed by atoms with van der Waals surface area (Å²) in [7, 11) is -0.703. The van der Waals surface area contributed by atoms with E-state index < -0.39 is 10.0 Å². The third-order valence-corrected chi connectivity index (χ3v) is 8.10. The first-order valence-electron chi connectivity index (χ1n) is 11.9. The van der Waals surface area contributed by atoms with Gasteiger partial charge in [-0.05, 0) is 61.7 Å². The maximum absolute atomic E-state index is 13.6. The fourth-order valence-electron chi connectivity index (χ4n) is 3.83. The SMILES string of the molecule is CCC(C)N(CC(=O)N(CCc1ccc(OC)c(OC)c1)Cc1ccco1)S(=O)(=O)c1ccccc1. The lowest BCUT2D eigenvalue weighted by Crippen LogP contribution is -2.46. The van der Waals surface area contributed by atoms with Crippen molar-refractivity contribution in [3.63, 3.8) is 0 Å². The van der Waals surface area contributed by atoms with E-state index in [1.165, 1.54) is 4.31 Å². The van der Waals surface area contributed by atoms with Gasteiger partial charge < -0.3 is 18.8 Å². The van der Waals surface area contributed by atoms with Crippen molar-refractivity contribution in [1.82, 2.24) is 9.21 Å². The Morgan fingerprint density at radius 2 is 1.72 bits per heavy atom. The second-order valence-electron chi connectivity index (χ2n) is 8.45. The highest BCUT2D eigenvalue weighted by molar-refractivity contribution is 7.89. The van der Waals surface area contributed by atoms with Crippen molar-refractivity contribution < 1.29 is 27.1 Å². The van der Waals surface area contributed by atoms with Gasteiger partial charge in [0.05, 0.1) is 38.5 Å². The number of benzene rings is 2. The van der Waals surface area contributed by atoms with Crippen molar-refractivity contribution in [2.45, 2.75) is 44.2 Å². The number of hydrogen-bond donors (Lipinski definition) is 0. The van der Waals surface area contributed by atoms with Gasteiger partial charge in [-0.15, -0.1) is 0 Å². The molecule has 0 bridgehead atoms. The minimum absolute atomic E-state index is 0.168. The van der Waals surface area contributed by atoms with E-state index in [2.05, 4.69) is 0 Å². The number of ether oxygens (including phenoxy) is 2. The fraction of sp³-hybridized carbons (Fsp3) is 0.370. The van der Waals surface area contributed by atoms with Crippen LogP contribution in [-0.4, -0.2) is 56.9 Å². The number of carbonyl (C=O) groups excluding carboxylic acids is 1. The van der Waals surface area contributed by atoms with Gasteiger partial charge in [-0.1, -0.05) is 31.2 Å². The first-order chi connectivity index (χ1) is 17.3. The van der Waals surface area contributed by atoms with E-state index >= 15 is 0 Å². The largest absolute Gasteiger partial charge is 0.493 e. The number of carbonyl (C=O) groups is 1. The van der Waals surface area contributed by atoms with Crippen LogP contribution >= 0.6 is 0 Å². The van der Waals surface area contributed by atoms with Gasteiger partial charge in [-0.2, -0.15) is 4.31 Å². The predicted molar refractivity (Wildman–Crippen MR) is 137 cm³/mol. The van der Waals surface area contributed by atoms with E-state index in [9.17, 15) is 13.2 Å². The Morgan fingerprint density at radius 3 is 2.33 bits per heavy atom. The first-order valence-corrected chi connectivity index (χ1v) is 13.3. The zero-order valence-electron chi connectivity index (χ0n) is 21.2. The maximum Gasteiger partial charge on any atom is 0.243 e. The van der Waals surface area contributed by atoms with E-state index in [4.69, 9.17) is 13.9 Å². The summed E-state index contributed by atoms with van der Waals surface area (Å²) in [5, 5.41) is 0. The van der Waals surface area contributed by atoms with Crippen molar-refractivity contribution >= 4 is 15.9 Å². The zero-order valence-corrected chi connectivity index (χ0v) is 22.0. The quantitative estimate of drug-likeness (QED) is 0.337. The van der Waals surface area contributed by atoms with Gasteiger partial charge in [0.2, 0.25) is 15.9 Å². The van der Waals surface area contributed by atoms with Crippen molar-refractivity contribution in [2.75, 3.05) is 27.3 Å². The summed E-state index contributed by atoms with van der Waals surface area (Å²) in [6, 6.07) is 17.0. The third-order valence-electron chi connectivity index (χ3n) is 6.12. The fourth-order valence-corrected chi connectivity index (χ4v) is 5.50. The van der Waals surface area contributed by atoms with E-state index in [1.807, 2.05) is 32.0 Å². The molecule has 0 saturated carbocycles. The van der Waals surface area contributed by atoms with Gasteiger partial charge in [0, 0.05) is 12.6 Å². The first kappa shape index (κ1) is 27.3. The standard InChI is InChI=1S/C27H34N2O6S/c1-5-21(2)29(36(31,32)24-11-7-6-8-12-24)20-27(30)28(19-23-10-9-17-35-23)16-15-22-13-14-25(33-3)26(18-22)34-4/h6-14,17-18,21H,5,15-16,19-20H2,1-4H3. The highest BCUT2D eigenvalue weighted by Crippen LogP contribution is 2.28. The molecule has 9 heteroatoms. The molecule has 1 unspecified atom stereocenters. The molecule has 194 valence electrons. The van der Waals surface area contributed by atoms with Crippen molar-refractivity contribution in [3.8, 4) is 11.5 Å². The molecule has 1 atom stereocenters. The summed E-state index contributed by atoms with van der Waals surface area (Å²) in [5.41, 5.74) is 0.959. The molecular weight excluding hydrogens is 480 g/mol. The second-order valence-corrected chi connectivity index (χ2v) is 10.3. The van der Waals surface area contributed by atoms with Gasteiger partial charge in [0.25, 0.3) is 0 Å². The summed E-state index contributed by atoms with van der Waals surface area (Å²) in [6.07, 6.45) is 2.67. The number of nitrogens with zero attached hydrogens (tertiary/aromatic N) is 2. The number of hydrogen-bond acceptors (Lipinski definition) is 6. The molecule has 0 aliphatic carbocycles. The molecule has 3 aromatic rings. The van der Waals surface area contributed by atoms with Crippen molar-refractivity contribution in [1.29, 1.82) is 0 Å². The minimum Gasteiger partial charge on any atom is -0.493 e. The third kappa shape index (κ3) is 6.67. The van der Waals surface area contributed by atoms with Crippen LogP contribution in [-0.2, 0) is 27.8 Å². The molecule has 1 amide bonds. The van der Waals surface area contributed by atoms with Crippen molar-refractivity contribution in [3.05, 3.63) is 78.3 Å². The molecule has 0 N–H and O–H groups in total. The molecule has 3 rings (SSSR count). The molecule has 2 aromatic carbocycles. The van der Waals surface area contributed by atoms with Crippen LogP contribution in [0.15, 0.2) is 76.2 Å². The number of furan rings is 1. The Balaban J connectivity index is 1.83. The minimum atomic E-state index is -3.85. The molecule has 8 nitrogen and oxygen atoms in total. The van der Waals surface area contributed by atoms with Crippen LogP contribution in [0, 0.1) is 0 Å². The van der Waals surface area contributed by atoms with E-state index in [0.717, 1.165) is 5.56 Å². The summed E-state index contributed by atoms with van der Waals surface area (Å²) >= 11 is 0. The number of rotatable bonds is 13. The maximum atomic E-state index is 13.6. The van der Waals surface area contributed by atoms with Crippen LogP contribution in [0.5, 0.6) is 11.5 Å². The lowest BCUT2D eigenvalue weighted by atomic mass is 10.1. The Labute approximate surface area is 213 Å². The summed E-state index contributed by atoms with van der Waals surface area (Å²) < 4.78 is 44.3. The summed E-state index contributed by atoms with van der Waals surface area (Å²) in [5.74, 6) is 1.55. The Bertz CT molecular complexity index is 1210. The Kier molecular flexibility index (Phi) is 9.55. The molecule has 0 saturated heterocycles. The highest BCUT2D eigenvalue weighted by Gasteiger charge is 2.31. The average Bonchev–Trinajstić information content (AvgIpc) is 3.42. The topological polar surface area (TPSA) is 89.3 Å². The number of methoxy groups -OCH3 is 2. The molecule has 0 fully saturated rings. The number of sulfonamides is 1. The van der Waals surface area contributed by atoms with E-state index in [1.54, 1.807) is 67.8 Å². The van der Waals surface area contributed by atoms with Gasteiger partial charge in [-0.25, -0.2) is 8.42 Å². The van der Waals surface area contributed by atoms with Crippen LogP contribution in [0.2, 0.25) is 0 Å². The zero-order chi connectivity index (χ0) is 26.1. The molecule has 0 spiro atoms. The van der Waals surface area contributed by atoms with Crippen LogP contribution in [0.3, 0.4) is 0 Å². The molecule has 0 aliphatic rings. The van der Waals surface area contributed by atoms with E-state index in [0.29, 0.717) is 36.6 Å². The number of amides is 1. The second kappa shape index (κ2) is 12.6. The Morgan fingerprint density at radius 1 is 1.00 bits per heavy atom. The Hall–Kier alpha value is -3.30. The van der Waals surface area contributed by atoms with Crippen LogP contribution in [0.1, 0.15) is 31.6 Å². The highest BCUT2D eigenvalue weighted by atomic mass is 32.2. The summed E-state index contributed by atoms with van der Waals surface area (Å²) in [6.45, 7) is 4.06. The van der Waals surface area contributed by atoms with E-state index in [-0.39, 0.29) is 29.9 Å². The predicted octanol–water partition coefficient (Wildman–Crippen LogP) is 4.36. The molecule has 1 heterocycles. The molecule has 0 radical (unpaired) electrons. The van der Waals surface area contributed by atoms with Gasteiger partial charge in [0.1, 0.15) is 5.76 Å². The van der Waals surface area contributed by atoms with Gasteiger partial charge in [-0.3, -0.25) is 4.79 Å². The normalized spacial score (nSPS) is 12.4. The van der Waals surface area contributed by atoms with Gasteiger partial charge in [0.15, 0.2) is 11.5 Å². The smallest absolute Gasteiger partial charge is 0.243 e. The monoisotopic (exact) mass is 514 g/mol. The molecular formula is C27H34N2O6S. The van der Waals surface area contributed by atoms with Crippen LogP contribution < -0.4 is 9.47 Å². The van der Waals surface area contributed by atoms with Crippen LogP contribution in [0.25, 0.3) is 0 Å². The lowest BCUT2D eigenvalue weighted by Gasteiger charge is -2.30. The lowest BCUT2D eigenvalue weighted by molar-refractivity contribution is -0.132. The van der Waals surface area contributed by atoms with Crippen LogP contribution in [0.4, 0.5) is 0 Å². The average molecular weight is 515 g/mol. The van der Waals surface area contributed by atoms with Crippen molar-refractivity contribution in [2.24, 2.45) is 0 Å². The van der Waals surface area contributed by atoms with Gasteiger partial charge >= 0.3 is 0 Å². The molecule has 0 aliphatic heterocycles. The molecule has 1 aromatic heterocycles.